The molecule has 3 heterocycles. The van der Waals surface area contributed by atoms with Gasteiger partial charge in [-0.3, -0.25) is 4.79 Å². The van der Waals surface area contributed by atoms with Crippen LogP contribution >= 0.6 is 0 Å². The average Bonchev–Trinajstić information content (AvgIpc) is 2.72. The van der Waals surface area contributed by atoms with Crippen molar-refractivity contribution in [1.82, 2.24) is 19.9 Å². The van der Waals surface area contributed by atoms with Gasteiger partial charge in [-0.25, -0.2) is 19.9 Å². The first-order valence-electron chi connectivity index (χ1n) is 11.5. The molecule has 1 aliphatic carbocycles. The summed E-state index contributed by atoms with van der Waals surface area (Å²) < 4.78 is 38.1. The highest BCUT2D eigenvalue weighted by molar-refractivity contribution is 6.03. The standard InChI is InChI=1S/C23H30F3N7O/c1-12(2)20-22(34)31-19-13(3)29-17(30-21(19)33(20)5)7-6-14-8-15(9-14)32(4)18-11-27-16(10-28-18)23(24,25)26/h10-12,14-15,20H,6-9H2,1-5H3,(H,31,34)/t14-,15+,20-/m0/s1. The molecule has 2 aromatic rings. The second kappa shape index (κ2) is 8.99. The van der Waals surface area contributed by atoms with Crippen molar-refractivity contribution in [2.24, 2.45) is 11.8 Å². The van der Waals surface area contributed by atoms with E-state index in [1.54, 1.807) is 0 Å². The van der Waals surface area contributed by atoms with Crippen molar-refractivity contribution < 1.29 is 18.0 Å². The number of hydrogen-bond donors (Lipinski definition) is 1. The second-order valence-electron chi connectivity index (χ2n) is 9.61. The van der Waals surface area contributed by atoms with Crippen LogP contribution in [-0.4, -0.2) is 52.0 Å². The third-order valence-electron chi connectivity index (χ3n) is 6.84. The number of hydrogen-bond acceptors (Lipinski definition) is 7. The van der Waals surface area contributed by atoms with E-state index in [-0.39, 0.29) is 23.9 Å². The SMILES string of the molecule is Cc1nc(CC[C@H]2C[C@@H](N(C)c3cnc(C(F)(F)F)cn3)C2)nc2c1NC(=O)[C@H](C(C)C)N2C. The van der Waals surface area contributed by atoms with Crippen molar-refractivity contribution in [3.8, 4) is 0 Å². The molecule has 1 atom stereocenters. The van der Waals surface area contributed by atoms with Crippen LogP contribution in [0.3, 0.4) is 0 Å². The van der Waals surface area contributed by atoms with Gasteiger partial charge in [-0.05, 0) is 38.0 Å². The Morgan fingerprint density at radius 3 is 2.50 bits per heavy atom. The number of halogens is 3. The Hall–Kier alpha value is -2.98. The van der Waals surface area contributed by atoms with Crippen molar-refractivity contribution in [2.45, 2.75) is 64.7 Å². The summed E-state index contributed by atoms with van der Waals surface area (Å²) >= 11 is 0. The second-order valence-corrected chi connectivity index (χ2v) is 9.61. The van der Waals surface area contributed by atoms with Crippen LogP contribution in [0.5, 0.6) is 0 Å². The normalized spacial score (nSPS) is 22.3. The molecule has 8 nitrogen and oxygen atoms in total. The zero-order chi connectivity index (χ0) is 24.8. The number of nitrogens with zero attached hydrogens (tertiary/aromatic N) is 6. The number of nitrogens with one attached hydrogen (secondary N) is 1. The lowest BCUT2D eigenvalue weighted by Gasteiger charge is -2.41. The minimum absolute atomic E-state index is 0.0354. The van der Waals surface area contributed by atoms with E-state index < -0.39 is 11.9 Å². The molecular weight excluding hydrogens is 447 g/mol. The molecule has 2 aliphatic rings. The van der Waals surface area contributed by atoms with Crippen LogP contribution in [-0.2, 0) is 17.4 Å². The van der Waals surface area contributed by atoms with Gasteiger partial charge in [0, 0.05) is 26.6 Å². The van der Waals surface area contributed by atoms with E-state index in [9.17, 15) is 18.0 Å². The summed E-state index contributed by atoms with van der Waals surface area (Å²) in [5.74, 6) is 2.55. The number of carbonyl (C=O) groups excluding carboxylic acids is 1. The molecule has 0 spiro atoms. The summed E-state index contributed by atoms with van der Waals surface area (Å²) in [6.07, 6.45) is 0.969. The minimum atomic E-state index is -4.49. The van der Waals surface area contributed by atoms with Gasteiger partial charge in [-0.1, -0.05) is 13.8 Å². The number of carbonyl (C=O) groups is 1. The highest BCUT2D eigenvalue weighted by Gasteiger charge is 2.37. The van der Waals surface area contributed by atoms with Gasteiger partial charge in [0.05, 0.1) is 18.1 Å². The molecule has 1 amide bonds. The predicted octanol–water partition coefficient (Wildman–Crippen LogP) is 3.85. The van der Waals surface area contributed by atoms with Crippen LogP contribution in [0.2, 0.25) is 0 Å². The maximum atomic E-state index is 12.7. The Morgan fingerprint density at radius 1 is 1.21 bits per heavy atom. The van der Waals surface area contributed by atoms with Crippen LogP contribution in [0, 0.1) is 18.8 Å². The van der Waals surface area contributed by atoms with Gasteiger partial charge in [0.2, 0.25) is 5.91 Å². The van der Waals surface area contributed by atoms with Crippen LogP contribution in [0.25, 0.3) is 0 Å². The summed E-state index contributed by atoms with van der Waals surface area (Å²) in [4.78, 5) is 33.1. The lowest BCUT2D eigenvalue weighted by atomic mass is 9.77. The summed E-state index contributed by atoms with van der Waals surface area (Å²) in [5.41, 5.74) is 0.451. The molecule has 0 unspecified atom stereocenters. The van der Waals surface area contributed by atoms with Gasteiger partial charge in [0.1, 0.15) is 23.4 Å². The molecule has 2 aromatic heterocycles. The van der Waals surface area contributed by atoms with Crippen molar-refractivity contribution >= 4 is 23.2 Å². The van der Waals surface area contributed by atoms with Gasteiger partial charge in [-0.2, -0.15) is 13.2 Å². The largest absolute Gasteiger partial charge is 0.434 e. The molecule has 0 aromatic carbocycles. The van der Waals surface area contributed by atoms with Crippen molar-refractivity contribution in [2.75, 3.05) is 29.2 Å². The maximum Gasteiger partial charge on any atom is 0.434 e. The molecule has 1 fully saturated rings. The first kappa shape index (κ1) is 24.2. The number of rotatable bonds is 6. The van der Waals surface area contributed by atoms with Crippen LogP contribution in [0.4, 0.5) is 30.5 Å². The highest BCUT2D eigenvalue weighted by atomic mass is 19.4. The van der Waals surface area contributed by atoms with Gasteiger partial charge >= 0.3 is 6.18 Å². The van der Waals surface area contributed by atoms with E-state index in [1.165, 1.54) is 6.20 Å². The Balaban J connectivity index is 1.34. The number of amides is 1. The molecule has 0 radical (unpaired) electrons. The Labute approximate surface area is 197 Å². The quantitative estimate of drug-likeness (QED) is 0.676. The fourth-order valence-electron chi connectivity index (χ4n) is 4.81. The monoisotopic (exact) mass is 477 g/mol. The summed E-state index contributed by atoms with van der Waals surface area (Å²) in [6, 6.07) is -0.0544. The molecule has 1 aliphatic heterocycles. The molecule has 1 N–H and O–H groups in total. The van der Waals surface area contributed by atoms with Crippen LogP contribution < -0.4 is 15.1 Å². The Morgan fingerprint density at radius 2 is 1.91 bits per heavy atom. The van der Waals surface area contributed by atoms with Crippen molar-refractivity contribution in [3.05, 3.63) is 29.6 Å². The lowest BCUT2D eigenvalue weighted by molar-refractivity contribution is -0.141. The molecule has 184 valence electrons. The number of aromatic nitrogens is 4. The molecule has 34 heavy (non-hydrogen) atoms. The van der Waals surface area contributed by atoms with Crippen LogP contribution in [0.15, 0.2) is 12.4 Å². The molecule has 11 heteroatoms. The molecule has 0 saturated heterocycles. The number of anilines is 3. The molecule has 1 saturated carbocycles. The molecule has 4 rings (SSSR count). The van der Waals surface area contributed by atoms with E-state index in [0.29, 0.717) is 17.4 Å². The summed E-state index contributed by atoms with van der Waals surface area (Å²) in [7, 11) is 3.73. The lowest BCUT2D eigenvalue weighted by Crippen LogP contribution is -2.49. The van der Waals surface area contributed by atoms with Gasteiger partial charge in [-0.15, -0.1) is 0 Å². The van der Waals surface area contributed by atoms with E-state index in [4.69, 9.17) is 4.98 Å². The van der Waals surface area contributed by atoms with E-state index >= 15 is 0 Å². The average molecular weight is 478 g/mol. The van der Waals surface area contributed by atoms with E-state index in [2.05, 4.69) is 20.3 Å². The number of alkyl halides is 3. The fraction of sp³-hybridized carbons (Fsp3) is 0.609. The zero-order valence-corrected chi connectivity index (χ0v) is 20.0. The predicted molar refractivity (Wildman–Crippen MR) is 123 cm³/mol. The Bertz CT molecular complexity index is 1050. The Kier molecular flexibility index (Phi) is 6.39. The first-order chi connectivity index (χ1) is 16.0. The summed E-state index contributed by atoms with van der Waals surface area (Å²) in [6.45, 7) is 5.91. The smallest absolute Gasteiger partial charge is 0.355 e. The fourth-order valence-corrected chi connectivity index (χ4v) is 4.81. The van der Waals surface area contributed by atoms with Gasteiger partial charge in [0.25, 0.3) is 0 Å². The molecular formula is C23H30F3N7O. The van der Waals surface area contributed by atoms with E-state index in [0.717, 1.165) is 49.2 Å². The number of aryl methyl sites for hydroxylation is 2. The number of fused-ring (bicyclic) bond motifs is 1. The highest BCUT2D eigenvalue weighted by Crippen LogP contribution is 2.37. The van der Waals surface area contributed by atoms with Gasteiger partial charge < -0.3 is 15.1 Å². The number of likely N-dealkylation sites (N-methyl/N-ethyl adjacent to an activating group) is 1. The maximum absolute atomic E-state index is 12.7. The molecule has 0 bridgehead atoms. The first-order valence-corrected chi connectivity index (χ1v) is 11.5. The van der Waals surface area contributed by atoms with Crippen molar-refractivity contribution in [3.63, 3.8) is 0 Å². The van der Waals surface area contributed by atoms with Gasteiger partial charge in [0.15, 0.2) is 11.5 Å². The third kappa shape index (κ3) is 4.65. The zero-order valence-electron chi connectivity index (χ0n) is 20.0. The van der Waals surface area contributed by atoms with Crippen LogP contribution in [0.1, 0.15) is 50.3 Å². The minimum Gasteiger partial charge on any atom is -0.355 e. The van der Waals surface area contributed by atoms with E-state index in [1.807, 2.05) is 44.7 Å². The van der Waals surface area contributed by atoms with Crippen molar-refractivity contribution in [1.29, 1.82) is 0 Å². The topological polar surface area (TPSA) is 87.1 Å². The third-order valence-corrected chi connectivity index (χ3v) is 6.84. The summed E-state index contributed by atoms with van der Waals surface area (Å²) in [5, 5.41) is 2.97.